The van der Waals surface area contributed by atoms with Gasteiger partial charge >= 0.3 is 12.2 Å². The van der Waals surface area contributed by atoms with Crippen LogP contribution in [0, 0.1) is 0 Å². The van der Waals surface area contributed by atoms with Crippen molar-refractivity contribution >= 4 is 24.8 Å². The van der Waals surface area contributed by atoms with Gasteiger partial charge < -0.3 is 9.47 Å². The van der Waals surface area contributed by atoms with E-state index in [1.165, 1.54) is 10.0 Å². The van der Waals surface area contributed by atoms with Crippen LogP contribution in [-0.4, -0.2) is 53.8 Å². The average Bonchev–Trinajstić information content (AvgIpc) is 2.61. The van der Waals surface area contributed by atoms with E-state index in [4.69, 9.17) is 9.47 Å². The fourth-order valence-electron chi connectivity index (χ4n) is 1.40. The number of hydrogen-bond donors (Lipinski definition) is 1. The first-order valence-electron chi connectivity index (χ1n) is 5.16. The second kappa shape index (κ2) is 5.83. The van der Waals surface area contributed by atoms with Crippen molar-refractivity contribution in [3.63, 3.8) is 0 Å². The highest BCUT2D eigenvalue weighted by atomic mass is 32.1. The summed E-state index contributed by atoms with van der Waals surface area (Å²) in [6.07, 6.45) is -1.10. The zero-order valence-corrected chi connectivity index (χ0v) is 10.3. The van der Waals surface area contributed by atoms with Gasteiger partial charge in [-0.3, -0.25) is 0 Å². The molecule has 0 aromatic heterocycles. The smallest absolute Gasteiger partial charge is 0.428 e. The first-order chi connectivity index (χ1) is 7.60. The molecule has 1 fully saturated rings. The van der Waals surface area contributed by atoms with E-state index in [-0.39, 0.29) is 18.5 Å². The molecular formula is C9H16N2O4S. The van der Waals surface area contributed by atoms with E-state index < -0.39 is 12.2 Å². The summed E-state index contributed by atoms with van der Waals surface area (Å²) in [6, 6.07) is 0. The van der Waals surface area contributed by atoms with Crippen LogP contribution in [0.15, 0.2) is 0 Å². The molecule has 0 bridgehead atoms. The maximum Gasteiger partial charge on any atom is 0.428 e. The number of nitrogens with zero attached hydrogens (tertiary/aromatic N) is 2. The second-order valence-electron chi connectivity index (χ2n) is 3.22. The Hall–Kier alpha value is -1.11. The molecule has 0 aromatic carbocycles. The highest BCUT2D eigenvalue weighted by molar-refractivity contribution is 7.81. The molecule has 2 amide bonds. The first-order valence-corrected chi connectivity index (χ1v) is 5.68. The lowest BCUT2D eigenvalue weighted by Crippen LogP contribution is -2.45. The SMILES string of the molecule is CCOC(=O)N1CC(S)CN1C(=O)OCC. The molecule has 16 heavy (non-hydrogen) atoms. The minimum absolute atomic E-state index is 0.0752. The number of carbonyl (C=O) groups excluding carboxylic acids is 2. The second-order valence-corrected chi connectivity index (χ2v) is 3.95. The molecule has 1 aliphatic heterocycles. The van der Waals surface area contributed by atoms with Gasteiger partial charge in [0.1, 0.15) is 0 Å². The van der Waals surface area contributed by atoms with Crippen LogP contribution in [0.25, 0.3) is 0 Å². The van der Waals surface area contributed by atoms with Crippen LogP contribution >= 0.6 is 12.6 Å². The van der Waals surface area contributed by atoms with Gasteiger partial charge in [-0.2, -0.15) is 12.6 Å². The number of carbonyl (C=O) groups is 2. The summed E-state index contributed by atoms with van der Waals surface area (Å²) in [7, 11) is 0. The molecule has 1 saturated heterocycles. The first kappa shape index (κ1) is 13.0. The molecule has 0 unspecified atom stereocenters. The van der Waals surface area contributed by atoms with E-state index in [2.05, 4.69) is 12.6 Å². The van der Waals surface area contributed by atoms with E-state index in [1.54, 1.807) is 13.8 Å². The average molecular weight is 248 g/mol. The van der Waals surface area contributed by atoms with Gasteiger partial charge in [0.05, 0.1) is 26.3 Å². The van der Waals surface area contributed by atoms with Crippen molar-refractivity contribution in [3.05, 3.63) is 0 Å². The zero-order chi connectivity index (χ0) is 12.1. The van der Waals surface area contributed by atoms with Crippen LogP contribution in [0.5, 0.6) is 0 Å². The Kier molecular flexibility index (Phi) is 4.72. The summed E-state index contributed by atoms with van der Waals surface area (Å²) in [5.74, 6) is 0. The molecule has 0 N–H and O–H groups in total. The van der Waals surface area contributed by atoms with Crippen molar-refractivity contribution < 1.29 is 19.1 Å². The van der Waals surface area contributed by atoms with Crippen molar-refractivity contribution in [3.8, 4) is 0 Å². The van der Waals surface area contributed by atoms with Gasteiger partial charge in [0.15, 0.2) is 0 Å². The number of amides is 2. The van der Waals surface area contributed by atoms with Gasteiger partial charge in [0.2, 0.25) is 0 Å². The van der Waals surface area contributed by atoms with Crippen molar-refractivity contribution in [1.29, 1.82) is 0 Å². The van der Waals surface area contributed by atoms with Crippen LogP contribution in [-0.2, 0) is 9.47 Å². The third-order valence-corrected chi connectivity index (χ3v) is 2.34. The number of rotatable bonds is 2. The van der Waals surface area contributed by atoms with Crippen LogP contribution in [0.2, 0.25) is 0 Å². The third kappa shape index (κ3) is 2.94. The summed E-state index contributed by atoms with van der Waals surface area (Å²) < 4.78 is 9.67. The van der Waals surface area contributed by atoms with E-state index in [9.17, 15) is 9.59 Å². The van der Waals surface area contributed by atoms with E-state index >= 15 is 0 Å². The van der Waals surface area contributed by atoms with Crippen molar-refractivity contribution in [1.82, 2.24) is 10.0 Å². The Balaban J connectivity index is 2.66. The predicted molar refractivity (Wildman–Crippen MR) is 60.2 cm³/mol. The Morgan fingerprint density at radius 2 is 1.50 bits per heavy atom. The Bertz CT molecular complexity index is 248. The monoisotopic (exact) mass is 248 g/mol. The van der Waals surface area contributed by atoms with Crippen molar-refractivity contribution in [2.24, 2.45) is 0 Å². The third-order valence-electron chi connectivity index (χ3n) is 2.02. The molecule has 0 spiro atoms. The van der Waals surface area contributed by atoms with Crippen molar-refractivity contribution in [2.75, 3.05) is 26.3 Å². The van der Waals surface area contributed by atoms with Crippen LogP contribution in [0.4, 0.5) is 9.59 Å². The highest BCUT2D eigenvalue weighted by Crippen LogP contribution is 2.17. The fourth-order valence-corrected chi connectivity index (χ4v) is 1.71. The summed E-state index contributed by atoms with van der Waals surface area (Å²) in [5, 5.41) is 2.37. The van der Waals surface area contributed by atoms with Gasteiger partial charge in [0, 0.05) is 5.25 Å². The number of ether oxygens (including phenoxy) is 2. The molecule has 0 aliphatic carbocycles. The fraction of sp³-hybridized carbons (Fsp3) is 0.778. The molecule has 0 aromatic rings. The molecule has 1 rings (SSSR count). The topological polar surface area (TPSA) is 59.1 Å². The normalized spacial score (nSPS) is 16.4. The van der Waals surface area contributed by atoms with E-state index in [0.717, 1.165) is 0 Å². The summed E-state index contributed by atoms with van der Waals surface area (Å²) in [6.45, 7) is 4.65. The molecule has 7 heteroatoms. The Labute approximate surface area is 99.8 Å². The standard InChI is InChI=1S/C9H16N2O4S/c1-3-14-8(12)10-5-7(16)6-11(10)9(13)15-4-2/h7,16H,3-6H2,1-2H3. The molecule has 92 valence electrons. The van der Waals surface area contributed by atoms with E-state index in [0.29, 0.717) is 13.1 Å². The van der Waals surface area contributed by atoms with E-state index in [1.807, 2.05) is 0 Å². The molecule has 0 atom stereocenters. The van der Waals surface area contributed by atoms with Crippen LogP contribution in [0.1, 0.15) is 13.8 Å². The molecular weight excluding hydrogens is 232 g/mol. The van der Waals surface area contributed by atoms with Gasteiger partial charge in [-0.05, 0) is 13.8 Å². The Morgan fingerprint density at radius 3 is 1.81 bits per heavy atom. The maximum atomic E-state index is 11.5. The quantitative estimate of drug-likeness (QED) is 0.744. The molecule has 1 heterocycles. The molecule has 1 aliphatic rings. The lowest BCUT2D eigenvalue weighted by atomic mass is 10.4. The van der Waals surface area contributed by atoms with Gasteiger partial charge in [0.25, 0.3) is 0 Å². The maximum absolute atomic E-state index is 11.5. The number of hydrogen-bond acceptors (Lipinski definition) is 5. The lowest BCUT2D eigenvalue weighted by Gasteiger charge is -2.25. The molecule has 0 saturated carbocycles. The summed E-state index contributed by atoms with van der Waals surface area (Å²) in [5.41, 5.74) is 0. The minimum Gasteiger partial charge on any atom is -0.448 e. The van der Waals surface area contributed by atoms with Gasteiger partial charge in [-0.25, -0.2) is 19.6 Å². The van der Waals surface area contributed by atoms with Gasteiger partial charge in [-0.1, -0.05) is 0 Å². The highest BCUT2D eigenvalue weighted by Gasteiger charge is 2.36. The number of hydrazine groups is 1. The zero-order valence-electron chi connectivity index (χ0n) is 9.38. The van der Waals surface area contributed by atoms with Crippen LogP contribution < -0.4 is 0 Å². The van der Waals surface area contributed by atoms with Gasteiger partial charge in [-0.15, -0.1) is 0 Å². The summed E-state index contributed by atoms with van der Waals surface area (Å²) in [4.78, 5) is 23.1. The van der Waals surface area contributed by atoms with Crippen molar-refractivity contribution in [2.45, 2.75) is 19.1 Å². The Morgan fingerprint density at radius 1 is 1.12 bits per heavy atom. The molecule has 6 nitrogen and oxygen atoms in total. The summed E-state index contributed by atoms with van der Waals surface area (Å²) >= 11 is 4.24. The van der Waals surface area contributed by atoms with Crippen LogP contribution in [0.3, 0.4) is 0 Å². The molecule has 0 radical (unpaired) electrons. The minimum atomic E-state index is -0.549. The lowest BCUT2D eigenvalue weighted by molar-refractivity contribution is 0.00922. The number of thiol groups is 1. The largest absolute Gasteiger partial charge is 0.448 e. The predicted octanol–water partition coefficient (Wildman–Crippen LogP) is 1.13.